The number of ether oxygens (including phenoxy) is 1. The Labute approximate surface area is 178 Å². The summed E-state index contributed by atoms with van der Waals surface area (Å²) in [5.41, 5.74) is -1.09. The summed E-state index contributed by atoms with van der Waals surface area (Å²) in [4.78, 5) is 8.36. The molecule has 4 rings (SSSR count). The van der Waals surface area contributed by atoms with E-state index in [1.807, 2.05) is 6.92 Å². The van der Waals surface area contributed by atoms with Gasteiger partial charge in [-0.15, -0.1) is 0 Å². The molecule has 0 spiro atoms. The molecule has 3 aromatic rings. The van der Waals surface area contributed by atoms with Crippen molar-refractivity contribution in [2.24, 2.45) is 0 Å². The van der Waals surface area contributed by atoms with E-state index >= 15 is 13.2 Å². The third-order valence-corrected chi connectivity index (χ3v) is 5.84. The van der Waals surface area contributed by atoms with Crippen molar-refractivity contribution < 1.29 is 23.0 Å². The second-order valence-corrected chi connectivity index (χ2v) is 8.16. The highest BCUT2D eigenvalue weighted by molar-refractivity contribution is 5.90. The number of benzene rings is 2. The molecule has 3 atom stereocenters. The van der Waals surface area contributed by atoms with E-state index in [1.165, 1.54) is 12.3 Å². The molecule has 164 valence electrons. The predicted octanol–water partition coefficient (Wildman–Crippen LogP) is 4.91. The van der Waals surface area contributed by atoms with Crippen molar-refractivity contribution in [1.29, 1.82) is 0 Å². The molecule has 0 amide bonds. The highest BCUT2D eigenvalue weighted by Gasteiger charge is 2.60. The molecular formula is C23H24F3N3O2. The third kappa shape index (κ3) is 3.69. The average Bonchev–Trinajstić information content (AvgIpc) is 2.72. The molecule has 0 saturated heterocycles. The van der Waals surface area contributed by atoms with Gasteiger partial charge in [0.25, 0.3) is 5.92 Å². The van der Waals surface area contributed by atoms with Crippen molar-refractivity contribution in [3.05, 3.63) is 59.5 Å². The van der Waals surface area contributed by atoms with Crippen LogP contribution in [0.2, 0.25) is 0 Å². The van der Waals surface area contributed by atoms with Crippen LogP contribution >= 0.6 is 0 Å². The Morgan fingerprint density at radius 1 is 1.23 bits per heavy atom. The van der Waals surface area contributed by atoms with Crippen LogP contribution < -0.4 is 10.1 Å². The average molecular weight is 431 g/mol. The van der Waals surface area contributed by atoms with Gasteiger partial charge in [0.05, 0.1) is 18.0 Å². The maximum Gasteiger partial charge on any atom is 0.287 e. The molecule has 8 heteroatoms. The zero-order valence-corrected chi connectivity index (χ0v) is 17.5. The number of alkyl halides is 3. The van der Waals surface area contributed by atoms with Crippen molar-refractivity contribution in [2.75, 3.05) is 11.9 Å². The van der Waals surface area contributed by atoms with Crippen molar-refractivity contribution >= 4 is 16.6 Å². The van der Waals surface area contributed by atoms with Gasteiger partial charge in [-0.25, -0.2) is 23.1 Å². The second kappa shape index (κ2) is 7.67. The Hall–Kier alpha value is -2.87. The van der Waals surface area contributed by atoms with Crippen LogP contribution in [0.3, 0.4) is 0 Å². The Morgan fingerprint density at radius 2 is 2.00 bits per heavy atom. The number of aryl methyl sites for hydroxylation is 2. The molecule has 1 aliphatic heterocycles. The maximum absolute atomic E-state index is 15.6. The number of hydrogen-bond acceptors (Lipinski definition) is 5. The van der Waals surface area contributed by atoms with Gasteiger partial charge in [0, 0.05) is 22.8 Å². The highest BCUT2D eigenvalue weighted by Crippen LogP contribution is 2.49. The highest BCUT2D eigenvalue weighted by atomic mass is 19.3. The number of aliphatic hydroxyl groups is 1. The van der Waals surface area contributed by atoms with Gasteiger partial charge in [0.15, 0.2) is 5.60 Å². The summed E-state index contributed by atoms with van der Waals surface area (Å²) in [6.07, 6.45) is -0.990. The predicted molar refractivity (Wildman–Crippen MR) is 112 cm³/mol. The lowest BCUT2D eigenvalue weighted by molar-refractivity contribution is -0.212. The SMILES string of the molecule is Cc1ccc2c(c1)OCCC2C(F)(F)C(C)(O)C(F)Nc1cccc2nc(C)ncc12. The summed E-state index contributed by atoms with van der Waals surface area (Å²) >= 11 is 0. The van der Waals surface area contributed by atoms with Gasteiger partial charge in [-0.3, -0.25) is 0 Å². The van der Waals surface area contributed by atoms with Crippen molar-refractivity contribution in [1.82, 2.24) is 9.97 Å². The van der Waals surface area contributed by atoms with E-state index in [-0.39, 0.29) is 24.3 Å². The summed E-state index contributed by atoms with van der Waals surface area (Å²) < 4.78 is 51.9. The molecule has 2 heterocycles. The summed E-state index contributed by atoms with van der Waals surface area (Å²) in [6.45, 7) is 4.44. The molecule has 0 aliphatic carbocycles. The van der Waals surface area contributed by atoms with Crippen LogP contribution in [-0.4, -0.2) is 39.5 Å². The van der Waals surface area contributed by atoms with Crippen LogP contribution in [0.15, 0.2) is 42.6 Å². The number of halogens is 3. The number of hydrogen-bond donors (Lipinski definition) is 2. The van der Waals surface area contributed by atoms with Gasteiger partial charge >= 0.3 is 0 Å². The zero-order chi connectivity index (χ0) is 22.4. The van der Waals surface area contributed by atoms with E-state index in [2.05, 4.69) is 15.3 Å². The summed E-state index contributed by atoms with van der Waals surface area (Å²) in [5, 5.41) is 13.6. The minimum atomic E-state index is -3.77. The monoisotopic (exact) mass is 431 g/mol. The molecule has 0 radical (unpaired) electrons. The Kier molecular flexibility index (Phi) is 5.29. The Bertz CT molecular complexity index is 1120. The molecule has 1 aromatic heterocycles. The van der Waals surface area contributed by atoms with E-state index in [4.69, 9.17) is 4.74 Å². The maximum atomic E-state index is 15.6. The van der Waals surface area contributed by atoms with Gasteiger partial charge in [-0.1, -0.05) is 18.2 Å². The van der Waals surface area contributed by atoms with Gasteiger partial charge in [-0.2, -0.15) is 0 Å². The third-order valence-electron chi connectivity index (χ3n) is 5.84. The molecule has 0 fully saturated rings. The Balaban J connectivity index is 1.65. The summed E-state index contributed by atoms with van der Waals surface area (Å²) in [6, 6.07) is 9.83. The molecule has 2 aromatic carbocycles. The lowest BCUT2D eigenvalue weighted by Crippen LogP contribution is -2.58. The normalized spacial score (nSPS) is 19.3. The number of fused-ring (bicyclic) bond motifs is 2. The van der Waals surface area contributed by atoms with Gasteiger partial charge in [0.1, 0.15) is 11.6 Å². The first-order chi connectivity index (χ1) is 14.6. The van der Waals surface area contributed by atoms with Crippen molar-refractivity contribution in [3.8, 4) is 5.75 Å². The first-order valence-electron chi connectivity index (χ1n) is 10.1. The first-order valence-corrected chi connectivity index (χ1v) is 10.1. The molecular weight excluding hydrogens is 407 g/mol. The molecule has 3 unspecified atom stereocenters. The van der Waals surface area contributed by atoms with Crippen molar-refractivity contribution in [2.45, 2.75) is 50.9 Å². The van der Waals surface area contributed by atoms with Crippen LogP contribution in [0.25, 0.3) is 10.9 Å². The van der Waals surface area contributed by atoms with Crippen LogP contribution in [-0.2, 0) is 0 Å². The molecule has 0 saturated carbocycles. The van der Waals surface area contributed by atoms with Gasteiger partial charge in [-0.05, 0) is 51.0 Å². The fourth-order valence-corrected chi connectivity index (χ4v) is 3.95. The number of nitrogens with one attached hydrogen (secondary N) is 1. The first kappa shape index (κ1) is 21.4. The van der Waals surface area contributed by atoms with E-state index < -0.39 is 23.7 Å². The lowest BCUT2D eigenvalue weighted by atomic mass is 9.78. The fourth-order valence-electron chi connectivity index (χ4n) is 3.95. The molecule has 1 aliphatic rings. The number of rotatable bonds is 5. The lowest BCUT2D eigenvalue weighted by Gasteiger charge is -2.42. The van der Waals surface area contributed by atoms with Crippen LogP contribution in [0.4, 0.5) is 18.9 Å². The second-order valence-electron chi connectivity index (χ2n) is 8.16. The van der Waals surface area contributed by atoms with E-state index in [9.17, 15) is 5.11 Å². The van der Waals surface area contributed by atoms with Gasteiger partial charge < -0.3 is 15.2 Å². The smallest absolute Gasteiger partial charge is 0.287 e. The molecule has 0 bridgehead atoms. The fraction of sp³-hybridized carbons (Fsp3) is 0.391. The standard InChI is InChI=1S/C23H24F3N3O2/c1-13-7-8-15-17(9-10-31-20(15)11-13)23(25,26)22(3,30)21(24)29-19-6-4-5-18-16(19)12-27-14(2)28-18/h4-8,11-12,17,21,29-30H,9-10H2,1-3H3. The zero-order valence-electron chi connectivity index (χ0n) is 17.5. The number of anilines is 1. The topological polar surface area (TPSA) is 67.3 Å². The largest absolute Gasteiger partial charge is 0.493 e. The summed E-state index contributed by atoms with van der Waals surface area (Å²) in [5.74, 6) is -4.28. The van der Waals surface area contributed by atoms with Gasteiger partial charge in [0.2, 0.25) is 6.30 Å². The van der Waals surface area contributed by atoms with Crippen LogP contribution in [0.5, 0.6) is 5.75 Å². The minimum absolute atomic E-state index is 0.0344. The summed E-state index contributed by atoms with van der Waals surface area (Å²) in [7, 11) is 0. The number of aromatic nitrogens is 2. The van der Waals surface area contributed by atoms with Crippen LogP contribution in [0.1, 0.15) is 36.2 Å². The molecule has 5 nitrogen and oxygen atoms in total. The minimum Gasteiger partial charge on any atom is -0.493 e. The van der Waals surface area contributed by atoms with Crippen molar-refractivity contribution in [3.63, 3.8) is 0 Å². The molecule has 31 heavy (non-hydrogen) atoms. The van der Waals surface area contributed by atoms with E-state index in [0.717, 1.165) is 12.5 Å². The number of nitrogens with zero attached hydrogens (tertiary/aromatic N) is 2. The quantitative estimate of drug-likeness (QED) is 0.562. The molecule has 2 N–H and O–H groups in total. The van der Waals surface area contributed by atoms with E-state index in [1.54, 1.807) is 37.3 Å². The van der Waals surface area contributed by atoms with Crippen LogP contribution in [0, 0.1) is 13.8 Å². The van der Waals surface area contributed by atoms with E-state index in [0.29, 0.717) is 22.5 Å². The Morgan fingerprint density at radius 3 is 2.77 bits per heavy atom.